The minimum absolute atomic E-state index is 0.0985. The van der Waals surface area contributed by atoms with E-state index in [4.69, 9.17) is 23.4 Å². The van der Waals surface area contributed by atoms with E-state index in [1.165, 1.54) is 21.3 Å². The molecule has 0 atom stereocenters. The van der Waals surface area contributed by atoms with Crippen molar-refractivity contribution >= 4 is 33.9 Å². The number of furan rings is 1. The number of rotatable bonds is 5. The number of hydrogen-bond acceptors (Lipinski definition) is 7. The molecule has 0 radical (unpaired) electrons. The smallest absolute Gasteiger partial charge is 0.363 e. The van der Waals surface area contributed by atoms with Gasteiger partial charge >= 0.3 is 5.97 Å². The second kappa shape index (κ2) is 7.02. The number of cyclic esters (lactones) is 1. The number of methoxy groups -OCH3 is 3. The van der Waals surface area contributed by atoms with E-state index >= 15 is 0 Å². The zero-order valence-electron chi connectivity index (χ0n) is 13.7. The number of esters is 1. The van der Waals surface area contributed by atoms with Crippen molar-refractivity contribution in [2.45, 2.75) is 0 Å². The lowest BCUT2D eigenvalue weighted by Gasteiger charge is -2.14. The fraction of sp³-hybridized carbons (Fsp3) is 0.176. The predicted molar refractivity (Wildman–Crippen MR) is 93.1 cm³/mol. The molecule has 1 aromatic carbocycles. The fourth-order valence-electron chi connectivity index (χ4n) is 2.33. The lowest BCUT2D eigenvalue weighted by Crippen LogP contribution is -2.04. The van der Waals surface area contributed by atoms with Crippen molar-refractivity contribution in [1.29, 1.82) is 0 Å². The molecule has 25 heavy (non-hydrogen) atoms. The van der Waals surface area contributed by atoms with Gasteiger partial charge in [0.25, 0.3) is 5.90 Å². The van der Waals surface area contributed by atoms with E-state index in [0.717, 1.165) is 0 Å². The van der Waals surface area contributed by atoms with E-state index in [1.807, 2.05) is 0 Å². The summed E-state index contributed by atoms with van der Waals surface area (Å²) >= 11 is 3.19. The molecule has 8 heteroatoms. The van der Waals surface area contributed by atoms with E-state index < -0.39 is 5.97 Å². The standard InChI is InChI=1S/C17H14BrNO6/c1-21-11-5-4-9(14(22-2)15(11)23-3)8-10-17(20)25-16(19-10)12-6-7-13(18)24-12/h4-8H,1-3H3. The monoisotopic (exact) mass is 407 g/mol. The quantitative estimate of drug-likeness (QED) is 0.557. The molecule has 130 valence electrons. The van der Waals surface area contributed by atoms with Crippen molar-refractivity contribution in [3.05, 3.63) is 46.0 Å². The summed E-state index contributed by atoms with van der Waals surface area (Å²) in [4.78, 5) is 16.3. The van der Waals surface area contributed by atoms with Crippen LogP contribution in [0.3, 0.4) is 0 Å². The maximum Gasteiger partial charge on any atom is 0.363 e. The van der Waals surface area contributed by atoms with Gasteiger partial charge in [-0.05, 0) is 46.3 Å². The number of hydrogen-bond donors (Lipinski definition) is 0. The summed E-state index contributed by atoms with van der Waals surface area (Å²) in [6.45, 7) is 0. The van der Waals surface area contributed by atoms with E-state index in [1.54, 1.807) is 30.3 Å². The molecule has 1 aliphatic heterocycles. The third-order valence-electron chi connectivity index (χ3n) is 3.43. The number of halogens is 1. The Hall–Kier alpha value is -2.74. The van der Waals surface area contributed by atoms with Crippen molar-refractivity contribution in [1.82, 2.24) is 0 Å². The number of carbonyl (C=O) groups is 1. The van der Waals surface area contributed by atoms with E-state index in [2.05, 4.69) is 20.9 Å². The van der Waals surface area contributed by atoms with Crippen LogP contribution in [0, 0.1) is 0 Å². The van der Waals surface area contributed by atoms with Crippen LogP contribution in [0.25, 0.3) is 6.08 Å². The first kappa shape index (κ1) is 17.1. The van der Waals surface area contributed by atoms with Crippen LogP contribution in [0.5, 0.6) is 17.2 Å². The summed E-state index contributed by atoms with van der Waals surface area (Å²) in [5, 5.41) is 0. The molecule has 2 heterocycles. The number of nitrogens with zero attached hydrogens (tertiary/aromatic N) is 1. The van der Waals surface area contributed by atoms with Crippen molar-refractivity contribution in [3.63, 3.8) is 0 Å². The molecule has 0 fully saturated rings. The van der Waals surface area contributed by atoms with Gasteiger partial charge in [0.1, 0.15) is 0 Å². The van der Waals surface area contributed by atoms with E-state index in [9.17, 15) is 4.79 Å². The van der Waals surface area contributed by atoms with Gasteiger partial charge < -0.3 is 23.4 Å². The summed E-state index contributed by atoms with van der Waals surface area (Å²) in [6, 6.07) is 6.78. The molecule has 0 aliphatic carbocycles. The molecule has 0 unspecified atom stereocenters. The summed E-state index contributed by atoms with van der Waals surface area (Å²) in [5.41, 5.74) is 0.714. The first-order valence-corrected chi connectivity index (χ1v) is 7.94. The molecule has 0 amide bonds. The second-order valence-electron chi connectivity index (χ2n) is 4.86. The minimum atomic E-state index is -0.584. The molecule has 0 saturated heterocycles. The molecular formula is C17H14BrNO6. The Morgan fingerprint density at radius 1 is 1.04 bits per heavy atom. The zero-order valence-corrected chi connectivity index (χ0v) is 15.2. The Bertz CT molecular complexity index is 883. The Kier molecular flexibility index (Phi) is 4.80. The van der Waals surface area contributed by atoms with Gasteiger partial charge in [-0.1, -0.05) is 0 Å². The van der Waals surface area contributed by atoms with Crippen LogP contribution in [-0.4, -0.2) is 33.2 Å². The van der Waals surface area contributed by atoms with Gasteiger partial charge in [0, 0.05) is 5.56 Å². The van der Waals surface area contributed by atoms with Gasteiger partial charge in [-0.25, -0.2) is 9.79 Å². The maximum absolute atomic E-state index is 12.1. The van der Waals surface area contributed by atoms with Crippen molar-refractivity contribution < 1.29 is 28.2 Å². The van der Waals surface area contributed by atoms with Gasteiger partial charge in [0.05, 0.1) is 21.3 Å². The van der Waals surface area contributed by atoms with Gasteiger partial charge in [0.2, 0.25) is 5.75 Å². The summed E-state index contributed by atoms with van der Waals surface area (Å²) in [6.07, 6.45) is 1.55. The van der Waals surface area contributed by atoms with Crippen LogP contribution in [0.4, 0.5) is 0 Å². The largest absolute Gasteiger partial charge is 0.493 e. The highest BCUT2D eigenvalue weighted by Gasteiger charge is 2.27. The molecule has 1 aromatic heterocycles. The third-order valence-corrected chi connectivity index (χ3v) is 3.86. The van der Waals surface area contributed by atoms with Crippen LogP contribution >= 0.6 is 15.9 Å². The number of benzene rings is 1. The van der Waals surface area contributed by atoms with Crippen LogP contribution in [-0.2, 0) is 9.53 Å². The molecule has 3 rings (SSSR count). The first-order valence-electron chi connectivity index (χ1n) is 7.14. The first-order chi connectivity index (χ1) is 12.1. The van der Waals surface area contributed by atoms with E-state index in [0.29, 0.717) is 33.2 Å². The normalized spacial score (nSPS) is 15.1. The summed E-state index contributed by atoms with van der Waals surface area (Å²) in [7, 11) is 4.54. The summed E-state index contributed by atoms with van der Waals surface area (Å²) in [5.74, 6) is 1.22. The molecule has 1 aliphatic rings. The maximum atomic E-state index is 12.1. The Balaban J connectivity index is 2.03. The SMILES string of the molecule is COc1ccc(C=C2N=C(c3ccc(Br)o3)OC2=O)c(OC)c1OC. The third kappa shape index (κ3) is 3.25. The lowest BCUT2D eigenvalue weighted by atomic mass is 10.1. The molecular weight excluding hydrogens is 394 g/mol. The predicted octanol–water partition coefficient (Wildman–Crippen LogP) is 3.41. The lowest BCUT2D eigenvalue weighted by molar-refractivity contribution is -0.130. The van der Waals surface area contributed by atoms with Gasteiger partial charge in [-0.3, -0.25) is 0 Å². The Labute approximate surface area is 152 Å². The second-order valence-corrected chi connectivity index (χ2v) is 5.64. The van der Waals surface area contributed by atoms with Crippen LogP contribution in [0.15, 0.2) is 44.0 Å². The van der Waals surface area contributed by atoms with Gasteiger partial charge in [-0.2, -0.15) is 0 Å². The molecule has 0 saturated carbocycles. The minimum Gasteiger partial charge on any atom is -0.493 e. The molecule has 2 aromatic rings. The molecule has 0 N–H and O–H groups in total. The Morgan fingerprint density at radius 2 is 1.80 bits per heavy atom. The van der Waals surface area contributed by atoms with Gasteiger partial charge in [0.15, 0.2) is 27.6 Å². The number of aliphatic imine (C=N–C) groups is 1. The highest BCUT2D eigenvalue weighted by molar-refractivity contribution is 9.10. The van der Waals surface area contributed by atoms with E-state index in [-0.39, 0.29) is 11.6 Å². The van der Waals surface area contributed by atoms with Crippen molar-refractivity contribution in [2.75, 3.05) is 21.3 Å². The van der Waals surface area contributed by atoms with Crippen molar-refractivity contribution in [3.8, 4) is 17.2 Å². The molecule has 7 nitrogen and oxygen atoms in total. The average Bonchev–Trinajstić information content (AvgIpc) is 3.20. The number of ether oxygens (including phenoxy) is 4. The zero-order chi connectivity index (χ0) is 18.0. The summed E-state index contributed by atoms with van der Waals surface area (Å²) < 4.78 is 27.0. The van der Waals surface area contributed by atoms with Crippen LogP contribution < -0.4 is 14.2 Å². The van der Waals surface area contributed by atoms with Gasteiger partial charge in [-0.15, -0.1) is 0 Å². The highest BCUT2D eigenvalue weighted by atomic mass is 79.9. The number of carbonyl (C=O) groups excluding carboxylic acids is 1. The van der Waals surface area contributed by atoms with Crippen LogP contribution in [0.2, 0.25) is 0 Å². The Morgan fingerprint density at radius 3 is 2.40 bits per heavy atom. The van der Waals surface area contributed by atoms with Crippen molar-refractivity contribution in [2.24, 2.45) is 4.99 Å². The topological polar surface area (TPSA) is 79.5 Å². The molecule has 0 bridgehead atoms. The molecule has 0 spiro atoms. The average molecular weight is 408 g/mol. The van der Waals surface area contributed by atoms with Crippen LogP contribution in [0.1, 0.15) is 11.3 Å². The highest BCUT2D eigenvalue weighted by Crippen LogP contribution is 2.40. The fourth-order valence-corrected chi connectivity index (χ4v) is 2.64.